The van der Waals surface area contributed by atoms with Crippen molar-refractivity contribution in [2.45, 2.75) is 32.0 Å². The summed E-state index contributed by atoms with van der Waals surface area (Å²) < 4.78 is 36.9. The largest absolute Gasteiger partial charge is 0.416 e. The molecule has 1 rings (SSSR count). The predicted molar refractivity (Wildman–Crippen MR) is 55.9 cm³/mol. The van der Waals surface area contributed by atoms with Gasteiger partial charge in [-0.1, -0.05) is 19.1 Å². The lowest BCUT2D eigenvalue weighted by Gasteiger charge is -2.12. The Labute approximate surface area is 92.7 Å². The summed E-state index contributed by atoms with van der Waals surface area (Å²) in [6.07, 6.45) is -4.30. The average molecular weight is 227 g/mol. The SMILES string of the molecule is [C-]#[N+]C(C)C(C)c1ccc(C(F)(F)F)cc1. The predicted octanol–water partition coefficient (Wildman–Crippen LogP) is 4.12. The standard InChI is InChI=1S/C12H12F3N/c1-8(9(2)16-3)10-4-6-11(7-5-10)12(13,14)15/h4-9H,1-2H3. The van der Waals surface area contributed by atoms with Crippen LogP contribution in [0.2, 0.25) is 0 Å². The highest BCUT2D eigenvalue weighted by atomic mass is 19.4. The molecule has 0 aliphatic rings. The molecule has 0 amide bonds. The van der Waals surface area contributed by atoms with E-state index in [1.54, 1.807) is 6.92 Å². The van der Waals surface area contributed by atoms with Gasteiger partial charge in [-0.25, -0.2) is 6.57 Å². The van der Waals surface area contributed by atoms with E-state index in [0.717, 1.165) is 17.7 Å². The highest BCUT2D eigenvalue weighted by Gasteiger charge is 2.30. The van der Waals surface area contributed by atoms with Crippen LogP contribution in [0, 0.1) is 6.57 Å². The summed E-state index contributed by atoms with van der Waals surface area (Å²) in [4.78, 5) is 3.36. The van der Waals surface area contributed by atoms with Gasteiger partial charge in [0.2, 0.25) is 6.04 Å². The molecule has 4 heteroatoms. The first kappa shape index (κ1) is 12.6. The number of benzene rings is 1. The first-order valence-corrected chi connectivity index (χ1v) is 4.90. The quantitative estimate of drug-likeness (QED) is 0.669. The Morgan fingerprint density at radius 3 is 2.00 bits per heavy atom. The van der Waals surface area contributed by atoms with Gasteiger partial charge in [0.1, 0.15) is 0 Å². The molecule has 0 saturated carbocycles. The van der Waals surface area contributed by atoms with Gasteiger partial charge in [-0.2, -0.15) is 13.2 Å². The van der Waals surface area contributed by atoms with E-state index < -0.39 is 11.7 Å². The van der Waals surface area contributed by atoms with Crippen LogP contribution in [0.1, 0.15) is 30.9 Å². The molecule has 0 heterocycles. The van der Waals surface area contributed by atoms with Crippen molar-refractivity contribution in [1.29, 1.82) is 0 Å². The molecule has 0 bridgehead atoms. The van der Waals surface area contributed by atoms with E-state index in [0.29, 0.717) is 0 Å². The number of nitrogens with zero attached hydrogens (tertiary/aromatic N) is 1. The molecule has 2 unspecified atom stereocenters. The van der Waals surface area contributed by atoms with E-state index in [1.165, 1.54) is 12.1 Å². The average Bonchev–Trinajstić information content (AvgIpc) is 2.26. The van der Waals surface area contributed by atoms with Crippen LogP contribution in [-0.4, -0.2) is 6.04 Å². The van der Waals surface area contributed by atoms with E-state index >= 15 is 0 Å². The lowest BCUT2D eigenvalue weighted by molar-refractivity contribution is -0.137. The first-order valence-electron chi connectivity index (χ1n) is 4.90. The van der Waals surface area contributed by atoms with Crippen LogP contribution in [-0.2, 0) is 6.18 Å². The highest BCUT2D eigenvalue weighted by Crippen LogP contribution is 2.30. The van der Waals surface area contributed by atoms with Crippen molar-refractivity contribution in [1.82, 2.24) is 0 Å². The fraction of sp³-hybridized carbons (Fsp3) is 0.417. The van der Waals surface area contributed by atoms with Crippen LogP contribution in [0.5, 0.6) is 0 Å². The van der Waals surface area contributed by atoms with Crippen molar-refractivity contribution >= 4 is 0 Å². The van der Waals surface area contributed by atoms with Gasteiger partial charge in [0.15, 0.2) is 0 Å². The second-order valence-corrected chi connectivity index (χ2v) is 3.78. The molecule has 1 aromatic carbocycles. The van der Waals surface area contributed by atoms with Gasteiger partial charge in [0.05, 0.1) is 11.5 Å². The summed E-state index contributed by atoms with van der Waals surface area (Å²) in [5, 5.41) is 0. The fourth-order valence-corrected chi connectivity index (χ4v) is 1.37. The second-order valence-electron chi connectivity index (χ2n) is 3.78. The van der Waals surface area contributed by atoms with Gasteiger partial charge in [-0.3, -0.25) is 0 Å². The van der Waals surface area contributed by atoms with E-state index in [2.05, 4.69) is 4.85 Å². The maximum Gasteiger partial charge on any atom is 0.416 e. The normalized spacial score (nSPS) is 15.2. The second kappa shape index (κ2) is 4.56. The van der Waals surface area contributed by atoms with Crippen molar-refractivity contribution < 1.29 is 13.2 Å². The molecule has 0 N–H and O–H groups in total. The third kappa shape index (κ3) is 2.75. The summed E-state index contributed by atoms with van der Waals surface area (Å²) in [7, 11) is 0. The van der Waals surface area contributed by atoms with Crippen LogP contribution in [0.3, 0.4) is 0 Å². The molecular weight excluding hydrogens is 215 g/mol. The van der Waals surface area contributed by atoms with Crippen molar-refractivity contribution in [2.75, 3.05) is 0 Å². The Kier molecular flexibility index (Phi) is 3.58. The zero-order valence-corrected chi connectivity index (χ0v) is 9.05. The summed E-state index contributed by atoms with van der Waals surface area (Å²) >= 11 is 0. The topological polar surface area (TPSA) is 4.36 Å². The third-order valence-corrected chi connectivity index (χ3v) is 2.69. The number of halogens is 3. The molecular formula is C12H12F3N. The minimum absolute atomic E-state index is 0.0558. The molecule has 1 nitrogen and oxygen atoms in total. The Hall–Kier alpha value is -1.50. The van der Waals surface area contributed by atoms with E-state index in [1.807, 2.05) is 6.92 Å². The van der Waals surface area contributed by atoms with Crippen LogP contribution < -0.4 is 0 Å². The van der Waals surface area contributed by atoms with Gasteiger partial charge in [0.25, 0.3) is 0 Å². The molecule has 0 aliphatic heterocycles. The highest BCUT2D eigenvalue weighted by molar-refractivity contribution is 5.28. The van der Waals surface area contributed by atoms with E-state index in [4.69, 9.17) is 6.57 Å². The Morgan fingerprint density at radius 2 is 1.62 bits per heavy atom. The Balaban J connectivity index is 2.92. The Bertz CT molecular complexity index is 386. The first-order chi connectivity index (χ1) is 7.36. The molecule has 0 fully saturated rings. The third-order valence-electron chi connectivity index (χ3n) is 2.69. The number of hydrogen-bond acceptors (Lipinski definition) is 0. The maximum atomic E-state index is 12.3. The lowest BCUT2D eigenvalue weighted by atomic mass is 9.94. The summed E-state index contributed by atoms with van der Waals surface area (Å²) in [5.41, 5.74) is 0.107. The van der Waals surface area contributed by atoms with Crippen molar-refractivity contribution in [2.24, 2.45) is 0 Å². The molecule has 0 aromatic heterocycles. The maximum absolute atomic E-state index is 12.3. The van der Waals surface area contributed by atoms with Crippen molar-refractivity contribution in [3.63, 3.8) is 0 Å². The van der Waals surface area contributed by atoms with Crippen molar-refractivity contribution in [3.8, 4) is 0 Å². The molecule has 0 saturated heterocycles. The molecule has 0 radical (unpaired) electrons. The van der Waals surface area contributed by atoms with Gasteiger partial charge < -0.3 is 4.85 Å². The van der Waals surface area contributed by atoms with Crippen LogP contribution in [0.4, 0.5) is 13.2 Å². The number of hydrogen-bond donors (Lipinski definition) is 0. The van der Waals surface area contributed by atoms with Gasteiger partial charge in [-0.05, 0) is 17.7 Å². The molecule has 0 aliphatic carbocycles. The number of rotatable bonds is 2. The van der Waals surface area contributed by atoms with Gasteiger partial charge in [0, 0.05) is 6.92 Å². The van der Waals surface area contributed by atoms with Crippen LogP contribution in [0.15, 0.2) is 24.3 Å². The molecule has 1 aromatic rings. The summed E-state index contributed by atoms with van der Waals surface area (Å²) in [5.74, 6) is -0.0558. The monoisotopic (exact) mass is 227 g/mol. The zero-order chi connectivity index (χ0) is 12.3. The Morgan fingerprint density at radius 1 is 1.12 bits per heavy atom. The van der Waals surface area contributed by atoms with Crippen LogP contribution in [0.25, 0.3) is 4.85 Å². The fourth-order valence-electron chi connectivity index (χ4n) is 1.37. The molecule has 16 heavy (non-hydrogen) atoms. The van der Waals surface area contributed by atoms with Gasteiger partial charge in [-0.15, -0.1) is 0 Å². The number of alkyl halides is 3. The van der Waals surface area contributed by atoms with E-state index in [-0.39, 0.29) is 12.0 Å². The lowest BCUT2D eigenvalue weighted by Crippen LogP contribution is -2.09. The summed E-state index contributed by atoms with van der Waals surface area (Å²) in [6.45, 7) is 10.5. The van der Waals surface area contributed by atoms with Crippen molar-refractivity contribution in [3.05, 3.63) is 46.8 Å². The molecule has 0 spiro atoms. The minimum Gasteiger partial charge on any atom is -0.313 e. The van der Waals surface area contributed by atoms with E-state index in [9.17, 15) is 13.2 Å². The smallest absolute Gasteiger partial charge is 0.313 e. The zero-order valence-electron chi connectivity index (χ0n) is 9.05. The molecule has 86 valence electrons. The van der Waals surface area contributed by atoms with Gasteiger partial charge >= 0.3 is 6.18 Å². The summed E-state index contributed by atoms with van der Waals surface area (Å²) in [6, 6.07) is 4.77. The minimum atomic E-state index is -4.30. The van der Waals surface area contributed by atoms with Crippen LogP contribution >= 0.6 is 0 Å². The molecule has 2 atom stereocenters.